The first-order chi connectivity index (χ1) is 8.72. The van der Waals surface area contributed by atoms with Crippen LogP contribution in [0.25, 0.3) is 0 Å². The Morgan fingerprint density at radius 3 is 2.56 bits per heavy atom. The minimum absolute atomic E-state index is 0.123. The topological polar surface area (TPSA) is 64.9 Å². The van der Waals surface area contributed by atoms with Gasteiger partial charge < -0.3 is 10.3 Å². The van der Waals surface area contributed by atoms with Gasteiger partial charge in [-0.1, -0.05) is 51.1 Å². The Balaban J connectivity index is 2.04. The van der Waals surface area contributed by atoms with Crippen LogP contribution in [0.1, 0.15) is 82.5 Å². The van der Waals surface area contributed by atoms with E-state index in [1.807, 2.05) is 0 Å². The third-order valence-electron chi connectivity index (χ3n) is 4.22. The minimum Gasteiger partial charge on any atom is -0.338 e. The standard InChI is InChI=1S/C14H25N3O/c1-3-10(2)12(15)14-16-13(17-18-14)11-8-6-4-5-7-9-11/h10-12H,3-9,15H2,1-2H3/t10?,12-/m0/s1. The summed E-state index contributed by atoms with van der Waals surface area (Å²) >= 11 is 0. The van der Waals surface area contributed by atoms with Gasteiger partial charge in [0.1, 0.15) is 0 Å². The number of nitrogens with two attached hydrogens (primary N) is 1. The highest BCUT2D eigenvalue weighted by molar-refractivity contribution is 4.99. The number of rotatable bonds is 4. The van der Waals surface area contributed by atoms with Crippen molar-refractivity contribution >= 4 is 0 Å². The van der Waals surface area contributed by atoms with Gasteiger partial charge in [-0.15, -0.1) is 0 Å². The molecule has 1 aromatic heterocycles. The Morgan fingerprint density at radius 2 is 1.94 bits per heavy atom. The first kappa shape index (κ1) is 13.5. The largest absolute Gasteiger partial charge is 0.338 e. The van der Waals surface area contributed by atoms with Crippen molar-refractivity contribution in [3.8, 4) is 0 Å². The first-order valence-electron chi connectivity index (χ1n) is 7.31. The quantitative estimate of drug-likeness (QED) is 0.831. The van der Waals surface area contributed by atoms with Gasteiger partial charge in [-0.05, 0) is 18.8 Å². The summed E-state index contributed by atoms with van der Waals surface area (Å²) in [6.07, 6.45) is 8.66. The van der Waals surface area contributed by atoms with Gasteiger partial charge in [0.25, 0.3) is 0 Å². The molecule has 2 rings (SSSR count). The average molecular weight is 251 g/mol. The molecule has 102 valence electrons. The molecule has 0 aromatic carbocycles. The van der Waals surface area contributed by atoms with Crippen molar-refractivity contribution < 1.29 is 4.52 Å². The van der Waals surface area contributed by atoms with Crippen LogP contribution < -0.4 is 5.73 Å². The average Bonchev–Trinajstić information content (AvgIpc) is 2.72. The van der Waals surface area contributed by atoms with Gasteiger partial charge in [0.2, 0.25) is 5.89 Å². The Hall–Kier alpha value is -0.900. The van der Waals surface area contributed by atoms with Crippen LogP contribution in [-0.2, 0) is 0 Å². The molecule has 0 aliphatic heterocycles. The van der Waals surface area contributed by atoms with E-state index in [0.717, 1.165) is 12.2 Å². The molecule has 18 heavy (non-hydrogen) atoms. The van der Waals surface area contributed by atoms with Crippen molar-refractivity contribution in [3.05, 3.63) is 11.7 Å². The van der Waals surface area contributed by atoms with Crippen molar-refractivity contribution in [1.29, 1.82) is 0 Å². The zero-order chi connectivity index (χ0) is 13.0. The molecule has 4 nitrogen and oxygen atoms in total. The minimum atomic E-state index is -0.123. The second-order valence-corrected chi connectivity index (χ2v) is 5.59. The Labute approximate surface area is 109 Å². The molecule has 1 aliphatic carbocycles. The summed E-state index contributed by atoms with van der Waals surface area (Å²) in [4.78, 5) is 4.54. The van der Waals surface area contributed by atoms with E-state index in [9.17, 15) is 0 Å². The van der Waals surface area contributed by atoms with E-state index >= 15 is 0 Å². The SMILES string of the molecule is CCC(C)[C@H](N)c1nc(C2CCCCCC2)no1. The van der Waals surface area contributed by atoms with Crippen molar-refractivity contribution in [1.82, 2.24) is 10.1 Å². The molecule has 1 saturated carbocycles. The van der Waals surface area contributed by atoms with E-state index in [4.69, 9.17) is 10.3 Å². The zero-order valence-corrected chi connectivity index (χ0v) is 11.6. The molecular formula is C14H25N3O. The molecule has 1 aromatic rings. The van der Waals surface area contributed by atoms with Crippen LogP contribution in [0.2, 0.25) is 0 Å². The van der Waals surface area contributed by atoms with Gasteiger partial charge in [-0.25, -0.2) is 0 Å². The molecule has 1 fully saturated rings. The summed E-state index contributed by atoms with van der Waals surface area (Å²) in [5.41, 5.74) is 6.13. The third kappa shape index (κ3) is 3.10. The number of hydrogen-bond acceptors (Lipinski definition) is 4. The predicted octanol–water partition coefficient (Wildman–Crippen LogP) is 3.55. The number of hydrogen-bond donors (Lipinski definition) is 1. The fourth-order valence-corrected chi connectivity index (χ4v) is 2.58. The van der Waals surface area contributed by atoms with Gasteiger partial charge in [-0.2, -0.15) is 4.98 Å². The monoisotopic (exact) mass is 251 g/mol. The summed E-state index contributed by atoms with van der Waals surface area (Å²) in [6, 6.07) is -0.123. The lowest BCUT2D eigenvalue weighted by atomic mass is 9.99. The lowest BCUT2D eigenvalue weighted by Gasteiger charge is -2.13. The summed E-state index contributed by atoms with van der Waals surface area (Å²) in [5.74, 6) is 2.36. The Morgan fingerprint density at radius 1 is 1.28 bits per heavy atom. The molecule has 0 radical (unpaired) electrons. The zero-order valence-electron chi connectivity index (χ0n) is 11.6. The highest BCUT2D eigenvalue weighted by Crippen LogP contribution is 2.31. The van der Waals surface area contributed by atoms with Gasteiger partial charge in [-0.3, -0.25) is 0 Å². The molecule has 1 heterocycles. The predicted molar refractivity (Wildman–Crippen MR) is 71.1 cm³/mol. The van der Waals surface area contributed by atoms with Crippen molar-refractivity contribution in [2.75, 3.05) is 0 Å². The smallest absolute Gasteiger partial charge is 0.243 e. The summed E-state index contributed by atoms with van der Waals surface area (Å²) in [5, 5.41) is 4.15. The van der Waals surface area contributed by atoms with Crippen molar-refractivity contribution in [2.45, 2.75) is 70.8 Å². The molecule has 2 atom stereocenters. The van der Waals surface area contributed by atoms with Gasteiger partial charge in [0, 0.05) is 5.92 Å². The molecule has 1 aliphatic rings. The van der Waals surface area contributed by atoms with Crippen LogP contribution in [0, 0.1) is 5.92 Å². The molecule has 0 amide bonds. The maximum Gasteiger partial charge on any atom is 0.243 e. The highest BCUT2D eigenvalue weighted by Gasteiger charge is 2.24. The van der Waals surface area contributed by atoms with E-state index in [1.165, 1.54) is 38.5 Å². The maximum atomic E-state index is 6.13. The van der Waals surface area contributed by atoms with E-state index in [2.05, 4.69) is 24.0 Å². The summed E-state index contributed by atoms with van der Waals surface area (Å²) in [7, 11) is 0. The normalized spacial score (nSPS) is 21.5. The first-order valence-corrected chi connectivity index (χ1v) is 7.31. The second-order valence-electron chi connectivity index (χ2n) is 5.59. The van der Waals surface area contributed by atoms with Crippen LogP contribution >= 0.6 is 0 Å². The van der Waals surface area contributed by atoms with Crippen molar-refractivity contribution in [3.63, 3.8) is 0 Å². The molecule has 4 heteroatoms. The Bertz CT molecular complexity index is 356. The van der Waals surface area contributed by atoms with Gasteiger partial charge >= 0.3 is 0 Å². The lowest BCUT2D eigenvalue weighted by molar-refractivity contribution is 0.309. The molecule has 0 bridgehead atoms. The maximum absolute atomic E-state index is 6.13. The van der Waals surface area contributed by atoms with Crippen LogP contribution in [0.5, 0.6) is 0 Å². The van der Waals surface area contributed by atoms with Crippen LogP contribution in [-0.4, -0.2) is 10.1 Å². The van der Waals surface area contributed by atoms with Crippen molar-refractivity contribution in [2.24, 2.45) is 11.7 Å². The van der Waals surface area contributed by atoms with Crippen LogP contribution in [0.4, 0.5) is 0 Å². The molecule has 0 saturated heterocycles. The fraction of sp³-hybridized carbons (Fsp3) is 0.857. The van der Waals surface area contributed by atoms with Gasteiger partial charge in [0.05, 0.1) is 6.04 Å². The summed E-state index contributed by atoms with van der Waals surface area (Å²) < 4.78 is 5.36. The molecule has 1 unspecified atom stereocenters. The number of nitrogens with zero attached hydrogens (tertiary/aromatic N) is 2. The van der Waals surface area contributed by atoms with E-state index in [0.29, 0.717) is 17.7 Å². The second kappa shape index (κ2) is 6.32. The van der Waals surface area contributed by atoms with Crippen LogP contribution in [0.15, 0.2) is 4.52 Å². The van der Waals surface area contributed by atoms with E-state index < -0.39 is 0 Å². The Kier molecular flexibility index (Phi) is 4.75. The molecular weight excluding hydrogens is 226 g/mol. The molecule has 0 spiro atoms. The third-order valence-corrected chi connectivity index (χ3v) is 4.22. The van der Waals surface area contributed by atoms with E-state index in [-0.39, 0.29) is 6.04 Å². The van der Waals surface area contributed by atoms with E-state index in [1.54, 1.807) is 0 Å². The number of aromatic nitrogens is 2. The van der Waals surface area contributed by atoms with Crippen LogP contribution in [0.3, 0.4) is 0 Å². The fourth-order valence-electron chi connectivity index (χ4n) is 2.58. The highest BCUT2D eigenvalue weighted by atomic mass is 16.5. The van der Waals surface area contributed by atoms with Gasteiger partial charge in [0.15, 0.2) is 5.82 Å². The molecule has 2 N–H and O–H groups in total. The summed E-state index contributed by atoms with van der Waals surface area (Å²) in [6.45, 7) is 4.26. The lowest BCUT2D eigenvalue weighted by Crippen LogP contribution is -2.19.